The SMILES string of the molecule is CCCCOC(=O)COc1ccc(CNCC(C)C)cc1. The zero-order chi connectivity index (χ0) is 15.5. The van der Waals surface area contributed by atoms with Crippen LogP contribution < -0.4 is 10.1 Å². The molecule has 1 aromatic carbocycles. The normalized spacial score (nSPS) is 10.7. The molecule has 0 bridgehead atoms. The Hall–Kier alpha value is -1.55. The fourth-order valence-electron chi connectivity index (χ4n) is 1.72. The monoisotopic (exact) mass is 293 g/mol. The van der Waals surface area contributed by atoms with E-state index in [2.05, 4.69) is 26.1 Å². The van der Waals surface area contributed by atoms with Gasteiger partial charge in [0.2, 0.25) is 0 Å². The molecule has 0 amide bonds. The van der Waals surface area contributed by atoms with Gasteiger partial charge in [-0.3, -0.25) is 0 Å². The van der Waals surface area contributed by atoms with Crippen LogP contribution in [0.15, 0.2) is 24.3 Å². The number of unbranched alkanes of at least 4 members (excludes halogenated alkanes) is 1. The van der Waals surface area contributed by atoms with Crippen molar-refractivity contribution in [1.29, 1.82) is 0 Å². The summed E-state index contributed by atoms with van der Waals surface area (Å²) in [6, 6.07) is 7.77. The van der Waals surface area contributed by atoms with Crippen LogP contribution in [-0.4, -0.2) is 25.7 Å². The summed E-state index contributed by atoms with van der Waals surface area (Å²) >= 11 is 0. The molecule has 0 saturated heterocycles. The highest BCUT2D eigenvalue weighted by atomic mass is 16.6. The molecule has 0 fully saturated rings. The Morgan fingerprint density at radius 2 is 1.95 bits per heavy atom. The second kappa shape index (κ2) is 10.2. The van der Waals surface area contributed by atoms with Crippen molar-refractivity contribution in [3.63, 3.8) is 0 Å². The molecule has 0 radical (unpaired) electrons. The molecule has 4 nitrogen and oxygen atoms in total. The Labute approximate surface area is 127 Å². The van der Waals surface area contributed by atoms with Gasteiger partial charge in [0.25, 0.3) is 0 Å². The van der Waals surface area contributed by atoms with Gasteiger partial charge in [0.15, 0.2) is 6.61 Å². The molecule has 0 aliphatic carbocycles. The van der Waals surface area contributed by atoms with E-state index in [9.17, 15) is 4.79 Å². The van der Waals surface area contributed by atoms with Crippen LogP contribution >= 0.6 is 0 Å². The van der Waals surface area contributed by atoms with Crippen LogP contribution in [0, 0.1) is 5.92 Å². The van der Waals surface area contributed by atoms with Crippen molar-refractivity contribution in [2.75, 3.05) is 19.8 Å². The molecule has 0 aliphatic heterocycles. The maximum Gasteiger partial charge on any atom is 0.344 e. The number of benzene rings is 1. The van der Waals surface area contributed by atoms with Crippen molar-refractivity contribution in [1.82, 2.24) is 5.32 Å². The van der Waals surface area contributed by atoms with Gasteiger partial charge < -0.3 is 14.8 Å². The smallest absolute Gasteiger partial charge is 0.344 e. The minimum Gasteiger partial charge on any atom is -0.482 e. The summed E-state index contributed by atoms with van der Waals surface area (Å²) < 4.78 is 10.4. The molecule has 1 N–H and O–H groups in total. The van der Waals surface area contributed by atoms with Gasteiger partial charge in [-0.15, -0.1) is 0 Å². The van der Waals surface area contributed by atoms with Crippen LogP contribution in [0.4, 0.5) is 0 Å². The zero-order valence-electron chi connectivity index (χ0n) is 13.4. The first kappa shape index (κ1) is 17.5. The van der Waals surface area contributed by atoms with Crippen LogP contribution in [0.1, 0.15) is 39.2 Å². The van der Waals surface area contributed by atoms with E-state index in [1.807, 2.05) is 24.3 Å². The highest BCUT2D eigenvalue weighted by molar-refractivity contribution is 5.71. The highest BCUT2D eigenvalue weighted by Gasteiger charge is 2.04. The van der Waals surface area contributed by atoms with E-state index in [0.717, 1.165) is 25.9 Å². The van der Waals surface area contributed by atoms with E-state index in [-0.39, 0.29) is 12.6 Å². The Morgan fingerprint density at radius 1 is 1.24 bits per heavy atom. The number of hydrogen-bond acceptors (Lipinski definition) is 4. The van der Waals surface area contributed by atoms with Gasteiger partial charge in [-0.25, -0.2) is 4.79 Å². The van der Waals surface area contributed by atoms with Crippen molar-refractivity contribution in [2.24, 2.45) is 5.92 Å². The average Bonchev–Trinajstić information content (AvgIpc) is 2.46. The summed E-state index contributed by atoms with van der Waals surface area (Å²) in [5.74, 6) is 1.02. The molecule has 0 saturated carbocycles. The molecular weight excluding hydrogens is 266 g/mol. The van der Waals surface area contributed by atoms with Crippen molar-refractivity contribution >= 4 is 5.97 Å². The van der Waals surface area contributed by atoms with Crippen molar-refractivity contribution in [3.8, 4) is 5.75 Å². The Kier molecular flexibility index (Phi) is 8.51. The first-order valence-electron chi connectivity index (χ1n) is 7.70. The van der Waals surface area contributed by atoms with Gasteiger partial charge in [0, 0.05) is 6.54 Å². The van der Waals surface area contributed by atoms with Crippen LogP contribution in [0.25, 0.3) is 0 Å². The minimum absolute atomic E-state index is 0.0331. The van der Waals surface area contributed by atoms with Crippen LogP contribution in [-0.2, 0) is 16.1 Å². The second-order valence-electron chi connectivity index (χ2n) is 5.53. The molecule has 1 aromatic rings. The van der Waals surface area contributed by atoms with Crippen molar-refractivity contribution in [2.45, 2.75) is 40.2 Å². The average molecular weight is 293 g/mol. The number of carbonyl (C=O) groups is 1. The lowest BCUT2D eigenvalue weighted by molar-refractivity contribution is -0.146. The summed E-state index contributed by atoms with van der Waals surface area (Å²) in [4.78, 5) is 11.4. The largest absolute Gasteiger partial charge is 0.482 e. The van der Waals surface area contributed by atoms with Crippen LogP contribution in [0.2, 0.25) is 0 Å². The third-order valence-corrected chi connectivity index (χ3v) is 2.92. The maximum absolute atomic E-state index is 11.4. The molecule has 21 heavy (non-hydrogen) atoms. The van der Waals surface area contributed by atoms with E-state index >= 15 is 0 Å². The molecule has 4 heteroatoms. The van der Waals surface area contributed by atoms with Gasteiger partial charge in [-0.1, -0.05) is 39.3 Å². The standard InChI is InChI=1S/C17H27NO3/c1-4-5-10-20-17(19)13-21-16-8-6-15(7-9-16)12-18-11-14(2)3/h6-9,14,18H,4-5,10-13H2,1-3H3. The summed E-state index contributed by atoms with van der Waals surface area (Å²) in [6.45, 7) is 8.71. The predicted octanol–water partition coefficient (Wildman–Crippen LogP) is 3.15. The quantitative estimate of drug-likeness (QED) is 0.532. The maximum atomic E-state index is 11.4. The van der Waals surface area contributed by atoms with Gasteiger partial charge in [0.1, 0.15) is 5.75 Å². The number of nitrogens with one attached hydrogen (secondary N) is 1. The molecule has 0 aliphatic rings. The summed E-state index contributed by atoms with van der Waals surface area (Å²) in [6.07, 6.45) is 1.91. The van der Waals surface area contributed by atoms with Crippen LogP contribution in [0.3, 0.4) is 0 Å². The fraction of sp³-hybridized carbons (Fsp3) is 0.588. The topological polar surface area (TPSA) is 47.6 Å². The van der Waals surface area contributed by atoms with Crippen molar-refractivity contribution < 1.29 is 14.3 Å². The lowest BCUT2D eigenvalue weighted by atomic mass is 10.2. The molecular formula is C17H27NO3. The van der Waals surface area contributed by atoms with E-state index in [1.54, 1.807) is 0 Å². The first-order valence-corrected chi connectivity index (χ1v) is 7.70. The molecule has 0 spiro atoms. The lowest BCUT2D eigenvalue weighted by Gasteiger charge is -2.09. The second-order valence-corrected chi connectivity index (χ2v) is 5.53. The summed E-state index contributed by atoms with van der Waals surface area (Å²) in [5, 5.41) is 3.38. The Bertz CT molecular complexity index is 401. The van der Waals surface area contributed by atoms with Gasteiger partial charge in [-0.2, -0.15) is 0 Å². The predicted molar refractivity (Wildman–Crippen MR) is 84.3 cm³/mol. The number of hydrogen-bond donors (Lipinski definition) is 1. The van der Waals surface area contributed by atoms with Crippen LogP contribution in [0.5, 0.6) is 5.75 Å². The Balaban J connectivity index is 2.25. The van der Waals surface area contributed by atoms with Gasteiger partial charge in [0.05, 0.1) is 6.61 Å². The molecule has 0 atom stereocenters. The van der Waals surface area contributed by atoms with E-state index in [0.29, 0.717) is 18.3 Å². The lowest BCUT2D eigenvalue weighted by Crippen LogP contribution is -2.19. The molecule has 0 heterocycles. The number of esters is 1. The number of carbonyl (C=O) groups excluding carboxylic acids is 1. The molecule has 0 unspecified atom stereocenters. The number of ether oxygens (including phenoxy) is 2. The van der Waals surface area contributed by atoms with E-state index < -0.39 is 0 Å². The zero-order valence-corrected chi connectivity index (χ0v) is 13.4. The first-order chi connectivity index (χ1) is 10.1. The fourth-order valence-corrected chi connectivity index (χ4v) is 1.72. The number of rotatable bonds is 10. The minimum atomic E-state index is -0.314. The van der Waals surface area contributed by atoms with Gasteiger partial charge >= 0.3 is 5.97 Å². The third kappa shape index (κ3) is 8.35. The Morgan fingerprint density at radius 3 is 2.57 bits per heavy atom. The summed E-state index contributed by atoms with van der Waals surface area (Å²) in [7, 11) is 0. The highest BCUT2D eigenvalue weighted by Crippen LogP contribution is 2.12. The third-order valence-electron chi connectivity index (χ3n) is 2.92. The van der Waals surface area contributed by atoms with Crippen molar-refractivity contribution in [3.05, 3.63) is 29.8 Å². The molecule has 1 rings (SSSR count). The van der Waals surface area contributed by atoms with E-state index in [1.165, 1.54) is 5.56 Å². The molecule has 0 aromatic heterocycles. The van der Waals surface area contributed by atoms with Gasteiger partial charge in [-0.05, 0) is 36.6 Å². The summed E-state index contributed by atoms with van der Waals surface area (Å²) in [5.41, 5.74) is 1.20. The molecule has 118 valence electrons. The van der Waals surface area contributed by atoms with E-state index in [4.69, 9.17) is 9.47 Å².